The first kappa shape index (κ1) is 13.1. The van der Waals surface area contributed by atoms with Crippen molar-refractivity contribution >= 4 is 11.8 Å². The number of esters is 1. The number of carbonyl (C=O) groups excluding carboxylic acids is 2. The number of hydrogen-bond acceptors (Lipinski definition) is 3. The molecular weight excluding hydrogens is 218 g/mol. The fourth-order valence-corrected chi connectivity index (χ4v) is 1.38. The Kier molecular flexibility index (Phi) is 3.35. The van der Waals surface area contributed by atoms with Gasteiger partial charge in [-0.2, -0.15) is 0 Å². The smallest absolute Gasteiger partial charge is 0.313 e. The Morgan fingerprint density at radius 3 is 2.25 bits per heavy atom. The molecule has 1 atom stereocenters. The second-order valence-corrected chi connectivity index (χ2v) is 5.17. The Morgan fingerprint density at radius 1 is 1.38 bits per heavy atom. The van der Waals surface area contributed by atoms with Crippen LogP contribution < -0.4 is 0 Å². The first-order chi connectivity index (χ1) is 7.10. The summed E-state index contributed by atoms with van der Waals surface area (Å²) >= 11 is 0. The summed E-state index contributed by atoms with van der Waals surface area (Å²) < 4.78 is 29.9. The van der Waals surface area contributed by atoms with Crippen LogP contribution in [-0.2, 0) is 14.3 Å². The molecule has 0 N–H and O–H groups in total. The van der Waals surface area contributed by atoms with E-state index in [2.05, 4.69) is 0 Å². The number of carbonyl (C=O) groups is 2. The van der Waals surface area contributed by atoms with Crippen LogP contribution in [0.3, 0.4) is 0 Å². The molecule has 1 saturated carbocycles. The molecule has 0 radical (unpaired) electrons. The monoisotopic (exact) mass is 234 g/mol. The molecule has 5 heteroatoms. The highest BCUT2D eigenvalue weighted by atomic mass is 19.3. The molecule has 1 aliphatic rings. The van der Waals surface area contributed by atoms with Crippen LogP contribution in [0.2, 0.25) is 0 Å². The van der Waals surface area contributed by atoms with Gasteiger partial charge in [0.15, 0.2) is 0 Å². The molecule has 0 aromatic heterocycles. The lowest BCUT2D eigenvalue weighted by atomic mass is 10.1. The van der Waals surface area contributed by atoms with E-state index >= 15 is 0 Å². The highest BCUT2D eigenvalue weighted by Gasteiger charge is 2.57. The summed E-state index contributed by atoms with van der Waals surface area (Å²) in [5.74, 6) is -4.70. The van der Waals surface area contributed by atoms with Crippen molar-refractivity contribution in [3.8, 4) is 0 Å². The Labute approximate surface area is 93.2 Å². The molecule has 92 valence electrons. The largest absolute Gasteiger partial charge is 0.460 e. The molecule has 0 aromatic rings. The van der Waals surface area contributed by atoms with E-state index < -0.39 is 35.6 Å². The minimum atomic E-state index is -2.70. The third-order valence-electron chi connectivity index (χ3n) is 2.19. The molecule has 0 aliphatic heterocycles. The third kappa shape index (κ3) is 4.24. The fourth-order valence-electron chi connectivity index (χ4n) is 1.38. The quantitative estimate of drug-likeness (QED) is 0.554. The maximum atomic E-state index is 12.5. The maximum Gasteiger partial charge on any atom is 0.313 e. The van der Waals surface area contributed by atoms with E-state index in [1.54, 1.807) is 20.8 Å². The van der Waals surface area contributed by atoms with Gasteiger partial charge in [-0.15, -0.1) is 0 Å². The number of hydrogen-bond donors (Lipinski definition) is 0. The zero-order valence-electron chi connectivity index (χ0n) is 9.68. The van der Waals surface area contributed by atoms with Gasteiger partial charge in [-0.05, 0) is 20.8 Å². The Bertz CT molecular complexity index is 305. The normalized spacial score (nSPS) is 22.7. The van der Waals surface area contributed by atoms with Crippen LogP contribution in [-0.4, -0.2) is 23.3 Å². The van der Waals surface area contributed by atoms with E-state index in [0.717, 1.165) is 0 Å². The van der Waals surface area contributed by atoms with Gasteiger partial charge in [-0.3, -0.25) is 9.59 Å². The lowest BCUT2D eigenvalue weighted by Crippen LogP contribution is -2.25. The van der Waals surface area contributed by atoms with Gasteiger partial charge in [0, 0.05) is 18.8 Å². The van der Waals surface area contributed by atoms with Gasteiger partial charge in [0.2, 0.25) is 0 Å². The summed E-state index contributed by atoms with van der Waals surface area (Å²) in [6.45, 7) is 5.05. The minimum absolute atomic E-state index is 0.230. The fraction of sp³-hybridized carbons (Fsp3) is 0.818. The van der Waals surface area contributed by atoms with Crippen molar-refractivity contribution in [1.29, 1.82) is 0 Å². The van der Waals surface area contributed by atoms with Crippen LogP contribution in [0.1, 0.15) is 40.0 Å². The van der Waals surface area contributed by atoms with Crippen molar-refractivity contribution in [1.82, 2.24) is 0 Å². The van der Waals surface area contributed by atoms with Gasteiger partial charge in [-0.25, -0.2) is 8.78 Å². The molecule has 1 rings (SSSR count). The summed E-state index contributed by atoms with van der Waals surface area (Å²) in [6, 6.07) is 0. The zero-order valence-corrected chi connectivity index (χ0v) is 9.68. The minimum Gasteiger partial charge on any atom is -0.460 e. The SMILES string of the molecule is CC(C)(C)OC(=O)CC(=O)CC1CC1(F)F. The molecule has 0 spiro atoms. The second-order valence-electron chi connectivity index (χ2n) is 5.17. The van der Waals surface area contributed by atoms with E-state index in [9.17, 15) is 18.4 Å². The van der Waals surface area contributed by atoms with Crippen molar-refractivity contribution < 1.29 is 23.1 Å². The first-order valence-corrected chi connectivity index (χ1v) is 5.21. The molecule has 1 aliphatic carbocycles. The summed E-state index contributed by atoms with van der Waals surface area (Å²) in [6.07, 6.45) is -0.886. The van der Waals surface area contributed by atoms with Gasteiger partial charge in [0.25, 0.3) is 5.92 Å². The standard InChI is InChI=1S/C11H16F2O3/c1-10(2,3)16-9(15)5-8(14)4-7-6-11(7,12)13/h7H,4-6H2,1-3H3. The van der Waals surface area contributed by atoms with Crippen LogP contribution in [0.15, 0.2) is 0 Å². The molecule has 0 amide bonds. The highest BCUT2D eigenvalue weighted by Crippen LogP contribution is 2.50. The topological polar surface area (TPSA) is 43.4 Å². The van der Waals surface area contributed by atoms with Crippen molar-refractivity contribution in [2.45, 2.75) is 51.6 Å². The molecule has 3 nitrogen and oxygen atoms in total. The highest BCUT2D eigenvalue weighted by molar-refractivity contribution is 5.95. The van der Waals surface area contributed by atoms with Crippen LogP contribution in [0, 0.1) is 5.92 Å². The molecule has 0 heterocycles. The van der Waals surface area contributed by atoms with Gasteiger partial charge in [0.05, 0.1) is 0 Å². The predicted molar refractivity (Wildman–Crippen MR) is 53.1 cm³/mol. The number of halogens is 2. The number of Topliss-reactive ketones (excluding diaryl/α,β-unsaturated/α-hetero) is 1. The van der Waals surface area contributed by atoms with Crippen molar-refractivity contribution in [3.05, 3.63) is 0 Å². The lowest BCUT2D eigenvalue weighted by Gasteiger charge is -2.19. The summed E-state index contributed by atoms with van der Waals surface area (Å²) in [5, 5.41) is 0. The summed E-state index contributed by atoms with van der Waals surface area (Å²) in [7, 11) is 0. The maximum absolute atomic E-state index is 12.5. The van der Waals surface area contributed by atoms with Gasteiger partial charge >= 0.3 is 5.97 Å². The number of alkyl halides is 2. The number of ketones is 1. The molecule has 0 aromatic carbocycles. The van der Waals surface area contributed by atoms with Crippen molar-refractivity contribution in [3.63, 3.8) is 0 Å². The van der Waals surface area contributed by atoms with Crippen LogP contribution in [0.5, 0.6) is 0 Å². The van der Waals surface area contributed by atoms with E-state index in [4.69, 9.17) is 4.74 Å². The van der Waals surface area contributed by atoms with Crippen LogP contribution in [0.25, 0.3) is 0 Å². The predicted octanol–water partition coefficient (Wildman–Crippen LogP) is 2.33. The molecule has 0 bridgehead atoms. The van der Waals surface area contributed by atoms with Gasteiger partial charge in [0.1, 0.15) is 17.8 Å². The number of rotatable bonds is 4. The molecule has 1 fully saturated rings. The average molecular weight is 234 g/mol. The van der Waals surface area contributed by atoms with E-state index in [0.29, 0.717) is 0 Å². The van der Waals surface area contributed by atoms with Crippen LogP contribution in [0.4, 0.5) is 8.78 Å². The van der Waals surface area contributed by atoms with Gasteiger partial charge in [-0.1, -0.05) is 0 Å². The molecule has 0 saturated heterocycles. The van der Waals surface area contributed by atoms with E-state index in [1.165, 1.54) is 0 Å². The average Bonchev–Trinajstić information content (AvgIpc) is 2.52. The molecular formula is C11H16F2O3. The first-order valence-electron chi connectivity index (χ1n) is 5.21. The third-order valence-corrected chi connectivity index (χ3v) is 2.19. The summed E-state index contributed by atoms with van der Waals surface area (Å²) in [5.41, 5.74) is -0.652. The van der Waals surface area contributed by atoms with Crippen molar-refractivity contribution in [2.75, 3.05) is 0 Å². The second kappa shape index (κ2) is 4.11. The lowest BCUT2D eigenvalue weighted by molar-refractivity contribution is -0.156. The zero-order chi connectivity index (χ0) is 12.6. The van der Waals surface area contributed by atoms with E-state index in [-0.39, 0.29) is 12.8 Å². The summed E-state index contributed by atoms with van der Waals surface area (Å²) in [4.78, 5) is 22.4. The van der Waals surface area contributed by atoms with Crippen LogP contribution >= 0.6 is 0 Å². The Morgan fingerprint density at radius 2 is 1.88 bits per heavy atom. The van der Waals surface area contributed by atoms with E-state index in [1.807, 2.05) is 0 Å². The number of ether oxygens (including phenoxy) is 1. The molecule has 16 heavy (non-hydrogen) atoms. The Hall–Kier alpha value is -1.00. The Balaban J connectivity index is 2.27. The van der Waals surface area contributed by atoms with Crippen molar-refractivity contribution in [2.24, 2.45) is 5.92 Å². The molecule has 1 unspecified atom stereocenters. The van der Waals surface area contributed by atoms with Gasteiger partial charge < -0.3 is 4.74 Å².